The largest absolute Gasteiger partial charge is 0.588 e. The van der Waals surface area contributed by atoms with Crippen molar-refractivity contribution >= 4 is 29.3 Å². The standard InChI is InChI=1S/C23H29N5O4S/c29-21-19-7-4-13-24-20(19)15-28(21)23(31)25-14-12-16-8-10-18(11-9-16)33(32)27-22(30)26-17-5-2-1-3-6-17/h7-11,15,17,24H,1-6,12-14H2,(H,25,31)(H2,26,27,30). The van der Waals surface area contributed by atoms with Gasteiger partial charge < -0.3 is 20.5 Å². The van der Waals surface area contributed by atoms with Crippen LogP contribution < -0.4 is 20.7 Å². The number of hydrogen-bond acceptors (Lipinski definition) is 5. The van der Waals surface area contributed by atoms with Gasteiger partial charge in [-0.3, -0.25) is 4.79 Å². The molecule has 1 unspecified atom stereocenters. The summed E-state index contributed by atoms with van der Waals surface area (Å²) in [5.74, 6) is -0.318. The second-order valence-electron chi connectivity index (χ2n) is 8.36. The lowest BCUT2D eigenvalue weighted by atomic mass is 9.96. The van der Waals surface area contributed by atoms with E-state index in [-0.39, 0.29) is 11.9 Å². The summed E-state index contributed by atoms with van der Waals surface area (Å²) >= 11 is -1.64. The Hall–Kier alpha value is -2.98. The van der Waals surface area contributed by atoms with Gasteiger partial charge in [-0.2, -0.15) is 0 Å². The number of nitrogens with zero attached hydrogens (tertiary/aromatic N) is 1. The van der Waals surface area contributed by atoms with E-state index in [0.717, 1.165) is 49.1 Å². The van der Waals surface area contributed by atoms with Crippen LogP contribution in [0.4, 0.5) is 9.59 Å². The van der Waals surface area contributed by atoms with Crippen molar-refractivity contribution < 1.29 is 18.9 Å². The van der Waals surface area contributed by atoms with E-state index < -0.39 is 23.4 Å². The molecule has 1 aromatic rings. The zero-order valence-electron chi connectivity index (χ0n) is 18.4. The molecule has 4 rings (SSSR count). The predicted octanol–water partition coefficient (Wildman–Crippen LogP) is 2.20. The molecule has 1 aliphatic carbocycles. The fraction of sp³-hybridized carbons (Fsp3) is 0.435. The number of urea groups is 2. The van der Waals surface area contributed by atoms with Crippen molar-refractivity contribution in [2.45, 2.75) is 55.9 Å². The molecule has 1 saturated carbocycles. The Kier molecular flexibility index (Phi) is 7.56. The highest BCUT2D eigenvalue weighted by molar-refractivity contribution is 7.90. The van der Waals surface area contributed by atoms with Gasteiger partial charge in [0.05, 0.1) is 11.3 Å². The predicted molar refractivity (Wildman–Crippen MR) is 124 cm³/mol. The number of hydrogen-bond donors (Lipinski definition) is 4. The van der Waals surface area contributed by atoms with Gasteiger partial charge in [0.25, 0.3) is 5.91 Å². The van der Waals surface area contributed by atoms with Gasteiger partial charge in [0, 0.05) is 25.3 Å². The number of carbonyl (C=O) groups is 3. The van der Waals surface area contributed by atoms with Crippen LogP contribution >= 0.6 is 0 Å². The molecule has 9 nitrogen and oxygen atoms in total. The third-order valence-electron chi connectivity index (χ3n) is 5.98. The van der Waals surface area contributed by atoms with Gasteiger partial charge in [0.15, 0.2) is 4.90 Å². The molecule has 0 spiro atoms. The fourth-order valence-electron chi connectivity index (χ4n) is 4.20. The SMILES string of the molecule is O=C(NC1CCCCC1)N[S+]([O-])c1ccc(CCNC(=O)N2C=C3NCCC=C3C2=O)cc1. The van der Waals surface area contributed by atoms with E-state index in [1.807, 2.05) is 18.2 Å². The monoisotopic (exact) mass is 471 g/mol. The Morgan fingerprint density at radius 3 is 2.64 bits per heavy atom. The van der Waals surface area contributed by atoms with Crippen LogP contribution in [0, 0.1) is 0 Å². The van der Waals surface area contributed by atoms with Crippen LogP contribution in [0.5, 0.6) is 0 Å². The maximum Gasteiger partial charge on any atom is 0.356 e. The Bertz CT molecular complexity index is 956. The number of nitrogens with one attached hydrogen (secondary N) is 4. The molecule has 0 aromatic heterocycles. The van der Waals surface area contributed by atoms with Crippen molar-refractivity contribution in [3.63, 3.8) is 0 Å². The van der Waals surface area contributed by atoms with Crippen LogP contribution in [0.2, 0.25) is 0 Å². The van der Waals surface area contributed by atoms with Gasteiger partial charge in [0.1, 0.15) is 11.4 Å². The van der Waals surface area contributed by atoms with Crippen molar-refractivity contribution in [2.24, 2.45) is 0 Å². The van der Waals surface area contributed by atoms with Gasteiger partial charge in [-0.15, -0.1) is 4.72 Å². The van der Waals surface area contributed by atoms with Crippen molar-refractivity contribution in [1.82, 2.24) is 25.6 Å². The Labute approximate surface area is 196 Å². The van der Waals surface area contributed by atoms with Gasteiger partial charge in [-0.1, -0.05) is 37.5 Å². The first-order valence-corrected chi connectivity index (χ1v) is 12.5. The highest BCUT2D eigenvalue weighted by Gasteiger charge is 2.33. The number of rotatable bonds is 6. The van der Waals surface area contributed by atoms with Crippen LogP contribution in [0.3, 0.4) is 0 Å². The van der Waals surface area contributed by atoms with E-state index in [9.17, 15) is 18.9 Å². The van der Waals surface area contributed by atoms with Gasteiger partial charge in [-0.25, -0.2) is 14.5 Å². The molecule has 4 N–H and O–H groups in total. The van der Waals surface area contributed by atoms with E-state index in [1.54, 1.807) is 12.1 Å². The van der Waals surface area contributed by atoms with Gasteiger partial charge >= 0.3 is 12.1 Å². The van der Waals surface area contributed by atoms with Crippen LogP contribution in [-0.4, -0.2) is 46.6 Å². The normalized spacial score (nSPS) is 19.1. The first kappa shape index (κ1) is 23.2. The third kappa shape index (κ3) is 5.88. The molecular weight excluding hydrogens is 442 g/mol. The molecule has 10 heteroatoms. The van der Waals surface area contributed by atoms with Crippen molar-refractivity contribution in [1.29, 1.82) is 0 Å². The summed E-state index contributed by atoms with van der Waals surface area (Å²) in [6.07, 6.45) is 10.0. The summed E-state index contributed by atoms with van der Waals surface area (Å²) in [5.41, 5.74) is 2.17. The highest BCUT2D eigenvalue weighted by atomic mass is 32.2. The molecule has 5 amide bonds. The summed E-state index contributed by atoms with van der Waals surface area (Å²) in [6, 6.07) is 6.30. The molecule has 33 heavy (non-hydrogen) atoms. The van der Waals surface area contributed by atoms with E-state index in [2.05, 4.69) is 20.7 Å². The molecular formula is C23H29N5O4S. The van der Waals surface area contributed by atoms with Gasteiger partial charge in [0.2, 0.25) is 0 Å². The van der Waals surface area contributed by atoms with Crippen molar-refractivity contribution in [3.05, 3.63) is 53.4 Å². The molecule has 0 radical (unpaired) electrons. The number of carbonyl (C=O) groups excluding carboxylic acids is 3. The van der Waals surface area contributed by atoms with E-state index >= 15 is 0 Å². The molecule has 3 aliphatic rings. The Morgan fingerprint density at radius 1 is 1.15 bits per heavy atom. The summed E-state index contributed by atoms with van der Waals surface area (Å²) in [4.78, 5) is 38.4. The molecule has 0 bridgehead atoms. The number of fused-ring (bicyclic) bond motifs is 1. The first-order valence-electron chi connectivity index (χ1n) is 11.4. The van der Waals surface area contributed by atoms with E-state index in [0.29, 0.717) is 29.1 Å². The van der Waals surface area contributed by atoms with E-state index in [1.165, 1.54) is 12.6 Å². The van der Waals surface area contributed by atoms with Crippen molar-refractivity contribution in [2.75, 3.05) is 13.1 Å². The maximum absolute atomic E-state index is 12.4. The molecule has 2 aliphatic heterocycles. The number of imide groups is 1. The van der Waals surface area contributed by atoms with E-state index in [4.69, 9.17) is 0 Å². The van der Waals surface area contributed by atoms with Crippen LogP contribution in [0.25, 0.3) is 0 Å². The quantitative estimate of drug-likeness (QED) is 0.473. The smallest absolute Gasteiger partial charge is 0.356 e. The Morgan fingerprint density at radius 2 is 1.91 bits per heavy atom. The first-order chi connectivity index (χ1) is 16.0. The average Bonchev–Trinajstić information content (AvgIpc) is 3.17. The maximum atomic E-state index is 12.4. The minimum absolute atomic E-state index is 0.150. The summed E-state index contributed by atoms with van der Waals surface area (Å²) < 4.78 is 14.9. The lowest BCUT2D eigenvalue weighted by Crippen LogP contribution is -2.45. The number of amides is 5. The second-order valence-corrected chi connectivity index (χ2v) is 9.57. The van der Waals surface area contributed by atoms with Crippen LogP contribution in [0.15, 0.2) is 52.7 Å². The zero-order valence-corrected chi connectivity index (χ0v) is 19.2. The molecule has 176 valence electrons. The minimum atomic E-state index is -1.64. The lowest BCUT2D eigenvalue weighted by molar-refractivity contribution is -0.121. The Balaban J connectivity index is 1.21. The summed E-state index contributed by atoms with van der Waals surface area (Å²) in [5, 5.41) is 8.77. The van der Waals surface area contributed by atoms with Crippen LogP contribution in [0.1, 0.15) is 44.1 Å². The average molecular weight is 472 g/mol. The summed E-state index contributed by atoms with van der Waals surface area (Å²) in [6.45, 7) is 1.10. The third-order valence-corrected chi connectivity index (χ3v) is 7.05. The minimum Gasteiger partial charge on any atom is -0.588 e. The van der Waals surface area contributed by atoms with Crippen molar-refractivity contribution in [3.8, 4) is 0 Å². The molecule has 2 heterocycles. The second kappa shape index (κ2) is 10.8. The molecule has 1 atom stereocenters. The van der Waals surface area contributed by atoms with Gasteiger partial charge in [-0.05, 0) is 43.4 Å². The topological polar surface area (TPSA) is 126 Å². The molecule has 1 aromatic carbocycles. The van der Waals surface area contributed by atoms with Crippen LogP contribution in [-0.2, 0) is 22.6 Å². The summed E-state index contributed by atoms with van der Waals surface area (Å²) in [7, 11) is 0. The molecule has 0 saturated heterocycles. The number of benzene rings is 1. The highest BCUT2D eigenvalue weighted by Crippen LogP contribution is 2.23. The lowest BCUT2D eigenvalue weighted by Gasteiger charge is -2.22. The molecule has 1 fully saturated rings. The zero-order chi connectivity index (χ0) is 23.2. The fourth-order valence-corrected chi connectivity index (χ4v) is 4.93.